The van der Waals surface area contributed by atoms with E-state index in [4.69, 9.17) is 9.84 Å². The number of hydrogen-bond donors (Lipinski definition) is 0. The van der Waals surface area contributed by atoms with E-state index in [0.717, 1.165) is 48.1 Å². The number of ether oxygens (including phenoxy) is 1. The molecule has 1 fully saturated rings. The summed E-state index contributed by atoms with van der Waals surface area (Å²) in [5, 5.41) is 13.3. The highest BCUT2D eigenvalue weighted by molar-refractivity contribution is 5.80. The predicted octanol–water partition coefficient (Wildman–Crippen LogP) is 2.32. The molecule has 0 bridgehead atoms. The van der Waals surface area contributed by atoms with Crippen LogP contribution in [0.4, 0.5) is 5.82 Å². The highest BCUT2D eigenvalue weighted by atomic mass is 16.5. The number of aromatic nitrogens is 4. The maximum absolute atomic E-state index is 13.1. The maximum Gasteiger partial charge on any atom is 0.229 e. The third kappa shape index (κ3) is 3.49. The van der Waals surface area contributed by atoms with Crippen LogP contribution in [0.2, 0.25) is 0 Å². The number of carbonyl (C=O) groups is 1. The molecule has 1 amide bonds. The van der Waals surface area contributed by atoms with Gasteiger partial charge in [0.2, 0.25) is 5.91 Å². The number of para-hydroxylation sites is 1. The molecule has 2 aliphatic heterocycles. The lowest BCUT2D eigenvalue weighted by atomic mass is 9.94. The normalized spacial score (nSPS) is 19.0. The first-order chi connectivity index (χ1) is 14.8. The van der Waals surface area contributed by atoms with Crippen molar-refractivity contribution in [3.63, 3.8) is 0 Å². The number of rotatable bonds is 3. The lowest BCUT2D eigenvalue weighted by molar-refractivity contribution is -0.138. The third-order valence-electron chi connectivity index (χ3n) is 6.23. The third-order valence-corrected chi connectivity index (χ3v) is 6.23. The Morgan fingerprint density at radius 3 is 2.68 bits per heavy atom. The molecule has 2 aliphatic rings. The molecule has 0 saturated carbocycles. The summed E-state index contributed by atoms with van der Waals surface area (Å²) in [4.78, 5) is 17.1. The predicted molar refractivity (Wildman–Crippen MR) is 117 cm³/mol. The van der Waals surface area contributed by atoms with Gasteiger partial charge in [-0.3, -0.25) is 4.79 Å². The van der Waals surface area contributed by atoms with Crippen molar-refractivity contribution in [1.29, 1.82) is 0 Å². The highest BCUT2D eigenvalue weighted by Crippen LogP contribution is 2.29. The molecule has 5 rings (SSSR count). The highest BCUT2D eigenvalue weighted by Gasteiger charge is 2.37. The lowest BCUT2D eigenvalue weighted by Crippen LogP contribution is -2.61. The first-order valence-electron chi connectivity index (χ1n) is 10.8. The molecule has 0 spiro atoms. The monoisotopic (exact) mass is 420 g/mol. The van der Waals surface area contributed by atoms with E-state index in [1.807, 2.05) is 52.9 Å². The molecule has 0 radical (unpaired) electrons. The number of anilines is 1. The number of carbonyl (C=O) groups excluding carboxylic acids is 1. The second-order valence-corrected chi connectivity index (χ2v) is 9.56. The Hall–Kier alpha value is -3.16. The van der Waals surface area contributed by atoms with Crippen LogP contribution in [0.5, 0.6) is 5.75 Å². The van der Waals surface area contributed by atoms with Crippen LogP contribution in [0.25, 0.3) is 5.65 Å². The van der Waals surface area contributed by atoms with Crippen LogP contribution in [0, 0.1) is 5.92 Å². The number of likely N-dealkylation sites (N-methyl/N-ethyl adjacent to an activating group) is 1. The van der Waals surface area contributed by atoms with E-state index in [1.165, 1.54) is 0 Å². The van der Waals surface area contributed by atoms with Crippen LogP contribution >= 0.6 is 0 Å². The van der Waals surface area contributed by atoms with Gasteiger partial charge in [-0.25, -0.2) is 0 Å². The van der Waals surface area contributed by atoms with Gasteiger partial charge in [-0.15, -0.1) is 15.3 Å². The minimum absolute atomic E-state index is 0.130. The summed E-state index contributed by atoms with van der Waals surface area (Å²) < 4.78 is 7.65. The lowest BCUT2D eigenvalue weighted by Gasteiger charge is -2.45. The summed E-state index contributed by atoms with van der Waals surface area (Å²) in [6.07, 6.45) is 0.733. The number of benzene rings is 1. The van der Waals surface area contributed by atoms with Gasteiger partial charge in [0.05, 0.1) is 12.0 Å². The van der Waals surface area contributed by atoms with E-state index in [2.05, 4.69) is 35.9 Å². The average molecular weight is 421 g/mol. The van der Waals surface area contributed by atoms with Crippen molar-refractivity contribution in [2.45, 2.75) is 38.6 Å². The summed E-state index contributed by atoms with van der Waals surface area (Å²) in [5.41, 5.74) is 1.71. The summed E-state index contributed by atoms with van der Waals surface area (Å²) >= 11 is 0. The Morgan fingerprint density at radius 2 is 1.90 bits per heavy atom. The smallest absolute Gasteiger partial charge is 0.229 e. The molecule has 3 aromatic rings. The van der Waals surface area contributed by atoms with Crippen molar-refractivity contribution in [1.82, 2.24) is 24.7 Å². The van der Waals surface area contributed by atoms with E-state index in [9.17, 15) is 4.79 Å². The number of fused-ring (bicyclic) bond motifs is 2. The van der Waals surface area contributed by atoms with Crippen molar-refractivity contribution in [2.24, 2.45) is 5.92 Å². The molecular weight excluding hydrogens is 392 g/mol. The zero-order chi connectivity index (χ0) is 21.8. The summed E-state index contributed by atoms with van der Waals surface area (Å²) in [6.45, 7) is 8.27. The molecule has 1 unspecified atom stereocenters. The minimum Gasteiger partial charge on any atom is -0.492 e. The van der Waals surface area contributed by atoms with Gasteiger partial charge in [0.15, 0.2) is 11.5 Å². The molecule has 1 aromatic carbocycles. The van der Waals surface area contributed by atoms with E-state index < -0.39 is 0 Å². The topological polar surface area (TPSA) is 75.9 Å². The van der Waals surface area contributed by atoms with Crippen molar-refractivity contribution in [3.8, 4) is 5.75 Å². The van der Waals surface area contributed by atoms with Crippen LogP contribution in [0.3, 0.4) is 0 Å². The molecular formula is C23H28N6O2. The van der Waals surface area contributed by atoms with Crippen LogP contribution in [0.15, 0.2) is 36.4 Å². The Kier molecular flexibility index (Phi) is 4.60. The molecule has 8 heteroatoms. The Morgan fingerprint density at radius 1 is 1.13 bits per heavy atom. The van der Waals surface area contributed by atoms with Crippen LogP contribution < -0.4 is 9.64 Å². The van der Waals surface area contributed by atoms with Crippen molar-refractivity contribution < 1.29 is 9.53 Å². The molecule has 1 atom stereocenters. The Balaban J connectivity index is 1.25. The molecule has 0 aliphatic carbocycles. The van der Waals surface area contributed by atoms with Gasteiger partial charge in [-0.2, -0.15) is 4.52 Å². The van der Waals surface area contributed by atoms with Gasteiger partial charge in [0.25, 0.3) is 0 Å². The zero-order valence-corrected chi connectivity index (χ0v) is 18.4. The second kappa shape index (κ2) is 7.21. The van der Waals surface area contributed by atoms with Gasteiger partial charge in [-0.1, -0.05) is 39.0 Å². The fourth-order valence-corrected chi connectivity index (χ4v) is 4.26. The van der Waals surface area contributed by atoms with Crippen molar-refractivity contribution in [2.75, 3.05) is 31.6 Å². The standard InChI is InChI=1S/C23H28N6O2/c1-23(2,3)22-25-24-19-9-10-20(26-29(19)22)28-12-17(13-28)27(4)21(30)16-11-15-7-5-6-8-18(15)31-14-16/h5-10,16-17H,11-14H2,1-4H3. The number of nitrogens with zero attached hydrogens (tertiary/aromatic N) is 6. The van der Waals surface area contributed by atoms with E-state index in [1.54, 1.807) is 0 Å². The largest absolute Gasteiger partial charge is 0.492 e. The first-order valence-corrected chi connectivity index (χ1v) is 10.8. The Labute approximate surface area is 181 Å². The van der Waals surface area contributed by atoms with Crippen molar-refractivity contribution >= 4 is 17.4 Å². The molecule has 8 nitrogen and oxygen atoms in total. The fourth-order valence-electron chi connectivity index (χ4n) is 4.26. The second-order valence-electron chi connectivity index (χ2n) is 9.56. The van der Waals surface area contributed by atoms with E-state index in [0.29, 0.717) is 6.61 Å². The van der Waals surface area contributed by atoms with Gasteiger partial charge < -0.3 is 14.5 Å². The Bertz CT molecular complexity index is 1130. The first kappa shape index (κ1) is 19.8. The quantitative estimate of drug-likeness (QED) is 0.647. The van der Waals surface area contributed by atoms with Crippen LogP contribution in [-0.2, 0) is 16.6 Å². The maximum atomic E-state index is 13.1. The molecule has 4 heterocycles. The summed E-state index contributed by atoms with van der Waals surface area (Å²) in [5.74, 6) is 2.64. The van der Waals surface area contributed by atoms with E-state index in [-0.39, 0.29) is 23.3 Å². The average Bonchev–Trinajstić information content (AvgIpc) is 3.15. The van der Waals surface area contributed by atoms with Gasteiger partial charge in [0, 0.05) is 25.6 Å². The summed E-state index contributed by atoms with van der Waals surface area (Å²) in [6, 6.07) is 12.1. The summed E-state index contributed by atoms with van der Waals surface area (Å²) in [7, 11) is 1.90. The van der Waals surface area contributed by atoms with Gasteiger partial charge in [0.1, 0.15) is 18.2 Å². The zero-order valence-electron chi connectivity index (χ0n) is 18.4. The molecule has 31 heavy (non-hydrogen) atoms. The molecule has 0 N–H and O–H groups in total. The van der Waals surface area contributed by atoms with E-state index >= 15 is 0 Å². The molecule has 162 valence electrons. The fraction of sp³-hybridized carbons (Fsp3) is 0.478. The molecule has 2 aromatic heterocycles. The van der Waals surface area contributed by atoms with Gasteiger partial charge in [-0.05, 0) is 30.2 Å². The minimum atomic E-state index is -0.143. The van der Waals surface area contributed by atoms with Crippen molar-refractivity contribution in [3.05, 3.63) is 47.8 Å². The number of amides is 1. The molecule has 1 saturated heterocycles. The van der Waals surface area contributed by atoms with Crippen LogP contribution in [-0.4, -0.2) is 63.4 Å². The van der Waals surface area contributed by atoms with Gasteiger partial charge >= 0.3 is 0 Å². The number of hydrogen-bond acceptors (Lipinski definition) is 6. The van der Waals surface area contributed by atoms with Crippen LogP contribution in [0.1, 0.15) is 32.2 Å². The SMILES string of the molecule is CN(C(=O)C1COc2ccccc2C1)C1CN(c2ccc3nnc(C(C)(C)C)n3n2)C1.